The largest absolute Gasteiger partial charge is 0.497 e. The summed E-state index contributed by atoms with van der Waals surface area (Å²) in [5.74, 6) is 3.79. The number of aromatic nitrogens is 3. The van der Waals surface area contributed by atoms with Crippen LogP contribution in [0.4, 0.5) is 0 Å². The SMILES string of the molecule is CN=C(NCc1nc(-c2ccc(OC)cc2)n[nH]1)N(C)Cc1ccc(OC)cc1. The third-order valence-electron chi connectivity index (χ3n) is 4.45. The summed E-state index contributed by atoms with van der Waals surface area (Å²) in [6.45, 7) is 1.21. The molecule has 8 heteroatoms. The van der Waals surface area contributed by atoms with Gasteiger partial charge in [0, 0.05) is 26.2 Å². The Balaban J connectivity index is 1.57. The minimum absolute atomic E-state index is 0.489. The lowest BCUT2D eigenvalue weighted by molar-refractivity contribution is 0.414. The van der Waals surface area contributed by atoms with E-state index in [1.54, 1.807) is 21.3 Å². The van der Waals surface area contributed by atoms with E-state index in [1.165, 1.54) is 0 Å². The van der Waals surface area contributed by atoms with E-state index in [2.05, 4.69) is 25.5 Å². The molecule has 1 heterocycles. The molecule has 0 saturated carbocycles. The Morgan fingerprint density at radius 2 is 1.66 bits per heavy atom. The standard InChI is InChI=1S/C21H26N6O2/c1-22-21(27(2)14-15-5-9-17(28-3)10-6-15)23-13-19-24-20(26-25-19)16-7-11-18(29-4)12-8-16/h5-12H,13-14H2,1-4H3,(H,22,23)(H,24,25,26). The van der Waals surface area contributed by atoms with E-state index in [9.17, 15) is 0 Å². The van der Waals surface area contributed by atoms with Crippen LogP contribution in [0.3, 0.4) is 0 Å². The number of H-pyrrole nitrogens is 1. The highest BCUT2D eigenvalue weighted by Crippen LogP contribution is 2.19. The van der Waals surface area contributed by atoms with E-state index in [4.69, 9.17) is 9.47 Å². The van der Waals surface area contributed by atoms with Crippen molar-refractivity contribution in [3.63, 3.8) is 0 Å². The van der Waals surface area contributed by atoms with Gasteiger partial charge in [-0.3, -0.25) is 10.1 Å². The molecule has 0 unspecified atom stereocenters. The molecule has 2 aromatic carbocycles. The van der Waals surface area contributed by atoms with E-state index in [0.29, 0.717) is 12.4 Å². The highest BCUT2D eigenvalue weighted by molar-refractivity contribution is 5.79. The van der Waals surface area contributed by atoms with Crippen LogP contribution in [-0.4, -0.2) is 54.4 Å². The number of rotatable bonds is 7. The van der Waals surface area contributed by atoms with Crippen LogP contribution in [-0.2, 0) is 13.1 Å². The van der Waals surface area contributed by atoms with Crippen molar-refractivity contribution in [2.75, 3.05) is 28.3 Å². The molecule has 0 spiro atoms. The van der Waals surface area contributed by atoms with Gasteiger partial charge in [0.25, 0.3) is 0 Å². The van der Waals surface area contributed by atoms with Crippen molar-refractivity contribution >= 4 is 5.96 Å². The van der Waals surface area contributed by atoms with Crippen LogP contribution in [0.5, 0.6) is 11.5 Å². The predicted molar refractivity (Wildman–Crippen MR) is 113 cm³/mol. The molecule has 3 rings (SSSR count). The summed E-state index contributed by atoms with van der Waals surface area (Å²) in [5.41, 5.74) is 2.09. The molecule has 29 heavy (non-hydrogen) atoms. The molecule has 1 aromatic heterocycles. The van der Waals surface area contributed by atoms with Crippen molar-refractivity contribution in [1.82, 2.24) is 25.4 Å². The van der Waals surface area contributed by atoms with Crippen molar-refractivity contribution in [1.29, 1.82) is 0 Å². The fraction of sp³-hybridized carbons (Fsp3) is 0.286. The first-order valence-corrected chi connectivity index (χ1v) is 9.23. The van der Waals surface area contributed by atoms with Crippen LogP contribution in [0.25, 0.3) is 11.4 Å². The van der Waals surface area contributed by atoms with Crippen LogP contribution in [0.2, 0.25) is 0 Å². The molecule has 0 bridgehead atoms. The van der Waals surface area contributed by atoms with Crippen molar-refractivity contribution in [2.24, 2.45) is 4.99 Å². The van der Waals surface area contributed by atoms with Crippen molar-refractivity contribution in [2.45, 2.75) is 13.1 Å². The van der Waals surface area contributed by atoms with Gasteiger partial charge in [0.1, 0.15) is 17.3 Å². The van der Waals surface area contributed by atoms with Gasteiger partial charge >= 0.3 is 0 Å². The maximum Gasteiger partial charge on any atom is 0.194 e. The smallest absolute Gasteiger partial charge is 0.194 e. The average molecular weight is 394 g/mol. The van der Waals surface area contributed by atoms with E-state index >= 15 is 0 Å². The Kier molecular flexibility index (Phi) is 6.67. The summed E-state index contributed by atoms with van der Waals surface area (Å²) in [7, 11) is 7.05. The predicted octanol–water partition coefficient (Wildman–Crippen LogP) is 2.70. The zero-order chi connectivity index (χ0) is 20.6. The van der Waals surface area contributed by atoms with Crippen LogP contribution < -0.4 is 14.8 Å². The summed E-state index contributed by atoms with van der Waals surface area (Å²) in [6.07, 6.45) is 0. The number of nitrogens with one attached hydrogen (secondary N) is 2. The highest BCUT2D eigenvalue weighted by atomic mass is 16.5. The monoisotopic (exact) mass is 394 g/mol. The van der Waals surface area contributed by atoms with Crippen molar-refractivity contribution in [3.8, 4) is 22.9 Å². The van der Waals surface area contributed by atoms with Gasteiger partial charge in [-0.25, -0.2) is 4.98 Å². The quantitative estimate of drug-likeness (QED) is 0.473. The van der Waals surface area contributed by atoms with E-state index in [0.717, 1.165) is 41.0 Å². The molecule has 3 aromatic rings. The topological polar surface area (TPSA) is 87.7 Å². The Labute approximate surface area is 170 Å². The summed E-state index contributed by atoms with van der Waals surface area (Å²) in [5, 5.41) is 10.6. The van der Waals surface area contributed by atoms with E-state index in [1.807, 2.05) is 60.5 Å². The molecule has 0 aliphatic carbocycles. The summed E-state index contributed by atoms with van der Waals surface area (Å²) < 4.78 is 10.4. The van der Waals surface area contributed by atoms with Gasteiger partial charge in [-0.15, -0.1) is 0 Å². The lowest BCUT2D eigenvalue weighted by atomic mass is 10.2. The number of nitrogens with zero attached hydrogens (tertiary/aromatic N) is 4. The third-order valence-corrected chi connectivity index (χ3v) is 4.45. The van der Waals surface area contributed by atoms with E-state index in [-0.39, 0.29) is 0 Å². The molecular formula is C21H26N6O2. The van der Waals surface area contributed by atoms with Gasteiger partial charge in [-0.1, -0.05) is 12.1 Å². The van der Waals surface area contributed by atoms with Gasteiger partial charge in [0.15, 0.2) is 11.8 Å². The molecule has 152 valence electrons. The first-order chi connectivity index (χ1) is 14.1. The number of hydrogen-bond acceptors (Lipinski definition) is 5. The Hall–Kier alpha value is -3.55. The molecule has 0 saturated heterocycles. The molecule has 8 nitrogen and oxygen atoms in total. The van der Waals surface area contributed by atoms with Crippen LogP contribution in [0.15, 0.2) is 53.5 Å². The Bertz CT molecular complexity index is 935. The number of guanidine groups is 1. The molecule has 0 aliphatic rings. The third kappa shape index (κ3) is 5.25. The van der Waals surface area contributed by atoms with Crippen molar-refractivity contribution < 1.29 is 9.47 Å². The number of ether oxygens (including phenoxy) is 2. The van der Waals surface area contributed by atoms with Crippen molar-refractivity contribution in [3.05, 3.63) is 59.9 Å². The Morgan fingerprint density at radius 1 is 1.03 bits per heavy atom. The van der Waals surface area contributed by atoms with Gasteiger partial charge in [0.2, 0.25) is 0 Å². The number of methoxy groups -OCH3 is 2. The first-order valence-electron chi connectivity index (χ1n) is 9.23. The molecule has 0 fully saturated rings. The normalized spacial score (nSPS) is 11.2. The molecule has 0 atom stereocenters. The fourth-order valence-electron chi connectivity index (χ4n) is 2.87. The number of hydrogen-bond donors (Lipinski definition) is 2. The second kappa shape index (κ2) is 9.59. The zero-order valence-electron chi connectivity index (χ0n) is 17.1. The summed E-state index contributed by atoms with van der Waals surface area (Å²) in [4.78, 5) is 10.9. The van der Waals surface area contributed by atoms with Crippen LogP contribution in [0, 0.1) is 0 Å². The number of benzene rings is 2. The maximum atomic E-state index is 5.20. The maximum absolute atomic E-state index is 5.20. The summed E-state index contributed by atoms with van der Waals surface area (Å²) >= 11 is 0. The average Bonchev–Trinajstić information content (AvgIpc) is 3.24. The minimum atomic E-state index is 0.489. The van der Waals surface area contributed by atoms with Crippen LogP contribution in [0.1, 0.15) is 11.4 Å². The fourth-order valence-corrected chi connectivity index (χ4v) is 2.87. The number of aliphatic imine (C=N–C) groups is 1. The number of aromatic amines is 1. The molecular weight excluding hydrogens is 368 g/mol. The molecule has 0 radical (unpaired) electrons. The van der Waals surface area contributed by atoms with Gasteiger partial charge in [-0.05, 0) is 42.0 Å². The lowest BCUT2D eigenvalue weighted by Crippen LogP contribution is -2.38. The second-order valence-electron chi connectivity index (χ2n) is 6.44. The highest BCUT2D eigenvalue weighted by Gasteiger charge is 2.10. The zero-order valence-corrected chi connectivity index (χ0v) is 17.1. The van der Waals surface area contributed by atoms with E-state index < -0.39 is 0 Å². The van der Waals surface area contributed by atoms with Gasteiger partial charge in [0.05, 0.1) is 20.8 Å². The Morgan fingerprint density at radius 3 is 2.24 bits per heavy atom. The second-order valence-corrected chi connectivity index (χ2v) is 6.44. The van der Waals surface area contributed by atoms with Gasteiger partial charge < -0.3 is 19.7 Å². The molecule has 0 amide bonds. The lowest BCUT2D eigenvalue weighted by Gasteiger charge is -2.21. The molecule has 0 aliphatic heterocycles. The molecule has 2 N–H and O–H groups in total. The minimum Gasteiger partial charge on any atom is -0.497 e. The first kappa shape index (κ1) is 20.2. The van der Waals surface area contributed by atoms with Crippen LogP contribution >= 0.6 is 0 Å². The summed E-state index contributed by atoms with van der Waals surface area (Å²) in [6, 6.07) is 15.6. The van der Waals surface area contributed by atoms with Gasteiger partial charge in [-0.2, -0.15) is 5.10 Å².